The van der Waals surface area contributed by atoms with Crippen LogP contribution in [0.3, 0.4) is 0 Å². The predicted molar refractivity (Wildman–Crippen MR) is 117 cm³/mol. The van der Waals surface area contributed by atoms with Crippen LogP contribution in [0.1, 0.15) is 39.2 Å². The van der Waals surface area contributed by atoms with E-state index in [0.717, 1.165) is 16.0 Å². The fourth-order valence-corrected chi connectivity index (χ4v) is 5.11. The standard InChI is InChI=1S/C21H21ClN4O4S/c1-11-2-3-15(14(22)8-11)24-21(30)23-7-6-17-12-9-26(20(29)13(12)10-31-17)16-4-5-18(27)25-19(16)28/h2-3,8,10,16H,4-7,9H2,1H3,(H2,23,24,30)(H,25,27,28). The Hall–Kier alpha value is -2.91. The number of halogens is 1. The van der Waals surface area contributed by atoms with Crippen molar-refractivity contribution in [2.75, 3.05) is 11.9 Å². The number of benzene rings is 1. The van der Waals surface area contributed by atoms with Gasteiger partial charge in [0, 0.05) is 29.8 Å². The predicted octanol–water partition coefficient (Wildman–Crippen LogP) is 2.84. The lowest BCUT2D eigenvalue weighted by Crippen LogP contribution is -2.52. The van der Waals surface area contributed by atoms with Crippen LogP contribution < -0.4 is 16.0 Å². The van der Waals surface area contributed by atoms with E-state index in [0.29, 0.717) is 42.2 Å². The highest BCUT2D eigenvalue weighted by Gasteiger charge is 2.40. The summed E-state index contributed by atoms with van der Waals surface area (Å²) in [6.07, 6.45) is 1.12. The Kier molecular flexibility index (Phi) is 5.97. The van der Waals surface area contributed by atoms with E-state index in [4.69, 9.17) is 11.6 Å². The normalized spacial score (nSPS) is 18.1. The minimum atomic E-state index is -0.626. The first-order chi connectivity index (χ1) is 14.8. The summed E-state index contributed by atoms with van der Waals surface area (Å²) in [4.78, 5) is 51.0. The molecule has 1 saturated heterocycles. The lowest BCUT2D eigenvalue weighted by Gasteiger charge is -2.29. The van der Waals surface area contributed by atoms with Gasteiger partial charge in [0.25, 0.3) is 5.91 Å². The summed E-state index contributed by atoms with van der Waals surface area (Å²) < 4.78 is 0. The second kappa shape index (κ2) is 8.68. The SMILES string of the molecule is Cc1ccc(NC(=O)NCCc2scc3c2CN(C2CCC(=O)NC2=O)C3=O)c(Cl)c1. The Labute approximate surface area is 187 Å². The molecule has 2 aliphatic heterocycles. The van der Waals surface area contributed by atoms with E-state index >= 15 is 0 Å². The van der Waals surface area contributed by atoms with Crippen molar-refractivity contribution in [3.8, 4) is 0 Å². The first kappa shape index (κ1) is 21.3. The molecule has 10 heteroatoms. The Morgan fingerprint density at radius 2 is 2.13 bits per heavy atom. The van der Waals surface area contributed by atoms with Gasteiger partial charge in [0.15, 0.2) is 0 Å². The van der Waals surface area contributed by atoms with Crippen molar-refractivity contribution < 1.29 is 19.2 Å². The number of hydrogen-bond donors (Lipinski definition) is 3. The molecule has 3 N–H and O–H groups in total. The lowest BCUT2D eigenvalue weighted by atomic mass is 10.0. The summed E-state index contributed by atoms with van der Waals surface area (Å²) in [6, 6.07) is 4.40. The van der Waals surface area contributed by atoms with Crippen LogP contribution in [0.15, 0.2) is 23.6 Å². The Bertz CT molecular complexity index is 1080. The molecule has 2 aromatic rings. The Balaban J connectivity index is 1.33. The summed E-state index contributed by atoms with van der Waals surface area (Å²) >= 11 is 7.61. The molecule has 5 amide bonds. The topological polar surface area (TPSA) is 108 Å². The molecular weight excluding hydrogens is 440 g/mol. The Morgan fingerprint density at radius 3 is 2.87 bits per heavy atom. The highest BCUT2D eigenvalue weighted by atomic mass is 35.5. The molecule has 3 heterocycles. The van der Waals surface area contributed by atoms with Crippen LogP contribution in [0.5, 0.6) is 0 Å². The van der Waals surface area contributed by atoms with Crippen molar-refractivity contribution in [2.45, 2.75) is 38.8 Å². The molecule has 1 aromatic carbocycles. The monoisotopic (exact) mass is 460 g/mol. The largest absolute Gasteiger partial charge is 0.338 e. The fourth-order valence-electron chi connectivity index (χ4n) is 3.79. The van der Waals surface area contributed by atoms with E-state index in [1.165, 1.54) is 16.2 Å². The number of fused-ring (bicyclic) bond motifs is 1. The second-order valence-corrected chi connectivity index (χ2v) is 8.94. The van der Waals surface area contributed by atoms with Crippen LogP contribution in [0.4, 0.5) is 10.5 Å². The first-order valence-electron chi connectivity index (χ1n) is 9.88. The van der Waals surface area contributed by atoms with Crippen LogP contribution in [0.25, 0.3) is 0 Å². The number of hydrogen-bond acceptors (Lipinski definition) is 5. The van der Waals surface area contributed by atoms with Gasteiger partial charge in [0.05, 0.1) is 16.3 Å². The van der Waals surface area contributed by atoms with Gasteiger partial charge < -0.3 is 15.5 Å². The van der Waals surface area contributed by atoms with E-state index in [-0.39, 0.29) is 24.3 Å². The van der Waals surface area contributed by atoms with Gasteiger partial charge in [-0.3, -0.25) is 19.7 Å². The molecule has 8 nitrogen and oxygen atoms in total. The number of piperidine rings is 1. The molecular formula is C21H21ClN4O4S. The number of urea groups is 1. The number of carbonyl (C=O) groups excluding carboxylic acids is 4. The summed E-state index contributed by atoms with van der Waals surface area (Å²) in [5, 5.41) is 10.1. The van der Waals surface area contributed by atoms with Gasteiger partial charge in [-0.15, -0.1) is 11.3 Å². The highest BCUT2D eigenvalue weighted by molar-refractivity contribution is 7.10. The average molecular weight is 461 g/mol. The van der Waals surface area contributed by atoms with Crippen molar-refractivity contribution in [3.63, 3.8) is 0 Å². The van der Waals surface area contributed by atoms with Gasteiger partial charge in [-0.2, -0.15) is 0 Å². The van der Waals surface area contributed by atoms with Gasteiger partial charge in [0.1, 0.15) is 6.04 Å². The number of amides is 5. The van der Waals surface area contributed by atoms with E-state index in [2.05, 4.69) is 16.0 Å². The van der Waals surface area contributed by atoms with E-state index < -0.39 is 11.9 Å². The van der Waals surface area contributed by atoms with Gasteiger partial charge in [-0.25, -0.2) is 4.79 Å². The number of rotatable bonds is 5. The van der Waals surface area contributed by atoms with Gasteiger partial charge in [-0.1, -0.05) is 17.7 Å². The van der Waals surface area contributed by atoms with Crippen LogP contribution in [0.2, 0.25) is 5.02 Å². The maximum absolute atomic E-state index is 12.8. The number of carbonyl (C=O) groups is 4. The number of nitrogens with one attached hydrogen (secondary N) is 3. The molecule has 1 unspecified atom stereocenters. The molecule has 0 bridgehead atoms. The van der Waals surface area contributed by atoms with Crippen LogP contribution in [-0.2, 0) is 22.6 Å². The van der Waals surface area contributed by atoms with Crippen molar-refractivity contribution in [2.24, 2.45) is 0 Å². The molecule has 1 atom stereocenters. The average Bonchev–Trinajstić information content (AvgIpc) is 3.25. The molecule has 4 rings (SSSR count). The minimum absolute atomic E-state index is 0.188. The maximum atomic E-state index is 12.8. The smallest absolute Gasteiger partial charge is 0.319 e. The zero-order valence-corrected chi connectivity index (χ0v) is 18.4. The molecule has 0 aliphatic carbocycles. The molecule has 1 fully saturated rings. The molecule has 0 spiro atoms. The molecule has 31 heavy (non-hydrogen) atoms. The molecule has 2 aliphatic rings. The van der Waals surface area contributed by atoms with Gasteiger partial charge in [-0.05, 0) is 43.0 Å². The second-order valence-electron chi connectivity index (χ2n) is 7.57. The van der Waals surface area contributed by atoms with Crippen LogP contribution in [-0.4, -0.2) is 41.2 Å². The highest BCUT2D eigenvalue weighted by Crippen LogP contribution is 2.34. The van der Waals surface area contributed by atoms with Crippen molar-refractivity contribution in [3.05, 3.63) is 50.2 Å². The molecule has 0 radical (unpaired) electrons. The number of anilines is 1. The summed E-state index contributed by atoms with van der Waals surface area (Å²) in [7, 11) is 0. The van der Waals surface area contributed by atoms with Crippen molar-refractivity contribution in [1.82, 2.24) is 15.5 Å². The van der Waals surface area contributed by atoms with E-state index in [1.807, 2.05) is 13.0 Å². The fraction of sp³-hybridized carbons (Fsp3) is 0.333. The van der Waals surface area contributed by atoms with Gasteiger partial charge in [0.2, 0.25) is 11.8 Å². The van der Waals surface area contributed by atoms with Crippen LogP contribution in [0, 0.1) is 6.92 Å². The number of thiophene rings is 1. The van der Waals surface area contributed by atoms with E-state index in [1.54, 1.807) is 17.5 Å². The van der Waals surface area contributed by atoms with Crippen LogP contribution >= 0.6 is 22.9 Å². The maximum Gasteiger partial charge on any atom is 0.319 e. The number of imide groups is 1. The lowest BCUT2D eigenvalue weighted by molar-refractivity contribution is -0.136. The quantitative estimate of drug-likeness (QED) is 0.596. The summed E-state index contributed by atoms with van der Waals surface area (Å²) in [5.74, 6) is -0.918. The third-order valence-corrected chi connectivity index (χ3v) is 6.80. The van der Waals surface area contributed by atoms with Gasteiger partial charge >= 0.3 is 6.03 Å². The number of nitrogens with zero attached hydrogens (tertiary/aromatic N) is 1. The molecule has 1 aromatic heterocycles. The third kappa shape index (κ3) is 4.42. The molecule has 0 saturated carbocycles. The summed E-state index contributed by atoms with van der Waals surface area (Å²) in [5.41, 5.74) is 3.03. The van der Waals surface area contributed by atoms with Crippen molar-refractivity contribution in [1.29, 1.82) is 0 Å². The summed E-state index contributed by atoms with van der Waals surface area (Å²) in [6.45, 7) is 2.64. The zero-order valence-electron chi connectivity index (χ0n) is 16.8. The van der Waals surface area contributed by atoms with Crippen molar-refractivity contribution >= 4 is 52.4 Å². The first-order valence-corrected chi connectivity index (χ1v) is 11.1. The van der Waals surface area contributed by atoms with E-state index in [9.17, 15) is 19.2 Å². The third-order valence-electron chi connectivity index (χ3n) is 5.40. The Morgan fingerprint density at radius 1 is 1.32 bits per heavy atom. The number of aryl methyl sites for hydroxylation is 1. The minimum Gasteiger partial charge on any atom is -0.338 e. The molecule has 162 valence electrons. The zero-order chi connectivity index (χ0) is 22.1.